The third-order valence-electron chi connectivity index (χ3n) is 3.54. The van der Waals surface area contributed by atoms with Crippen molar-refractivity contribution in [3.8, 4) is 11.3 Å². The minimum absolute atomic E-state index is 0.188. The number of anilines is 1. The second-order valence-corrected chi connectivity index (χ2v) is 5.61. The van der Waals surface area contributed by atoms with Crippen LogP contribution in [0.15, 0.2) is 36.5 Å². The van der Waals surface area contributed by atoms with Gasteiger partial charge < -0.3 is 10.4 Å². The third-order valence-corrected chi connectivity index (χ3v) is 3.87. The summed E-state index contributed by atoms with van der Waals surface area (Å²) in [7, 11) is 5.97. The Hall–Kier alpha value is -2.05. The van der Waals surface area contributed by atoms with Crippen molar-refractivity contribution < 1.29 is 5.11 Å². The molecule has 0 bridgehead atoms. The second-order valence-electron chi connectivity index (χ2n) is 5.20. The summed E-state index contributed by atoms with van der Waals surface area (Å²) in [5.41, 5.74) is 2.68. The predicted octanol–water partition coefficient (Wildman–Crippen LogP) is 2.03. The molecule has 23 heavy (non-hydrogen) atoms. The molecule has 0 aliphatic heterocycles. The van der Waals surface area contributed by atoms with Crippen LogP contribution in [0.1, 0.15) is 12.8 Å². The van der Waals surface area contributed by atoms with E-state index in [0.29, 0.717) is 16.1 Å². The van der Waals surface area contributed by atoms with Gasteiger partial charge in [-0.15, -0.1) is 0 Å². The number of aliphatic hydroxyl groups excluding tert-OH is 1. The number of unbranched alkanes of at least 4 members (excludes halogenated alkanes) is 1. The van der Waals surface area contributed by atoms with Gasteiger partial charge in [-0.05, 0) is 24.4 Å². The van der Waals surface area contributed by atoms with E-state index in [-0.39, 0.29) is 6.61 Å². The van der Waals surface area contributed by atoms with E-state index in [0.717, 1.165) is 36.5 Å². The summed E-state index contributed by atoms with van der Waals surface area (Å²) in [4.78, 5) is 4.58. The first-order chi connectivity index (χ1) is 11.2. The van der Waals surface area contributed by atoms with E-state index in [4.69, 9.17) is 24.6 Å². The normalized spacial score (nSPS) is 11.0. The van der Waals surface area contributed by atoms with Crippen molar-refractivity contribution in [3.05, 3.63) is 41.6 Å². The number of nitrogens with one attached hydrogen (secondary N) is 1. The zero-order chi connectivity index (χ0) is 16.2. The van der Waals surface area contributed by atoms with Gasteiger partial charge in [0.25, 0.3) is 0 Å². The molecule has 0 saturated heterocycles. The molecule has 2 heterocycles. The maximum Gasteiger partial charge on any atom is 0.150 e. The van der Waals surface area contributed by atoms with Crippen LogP contribution in [0, 0.1) is 0 Å². The lowest BCUT2D eigenvalue weighted by Gasteiger charge is -2.11. The largest absolute Gasteiger partial charge is 0.396 e. The van der Waals surface area contributed by atoms with Crippen LogP contribution in [0.25, 0.3) is 16.9 Å². The van der Waals surface area contributed by atoms with Gasteiger partial charge in [0.15, 0.2) is 5.65 Å². The van der Waals surface area contributed by atoms with Crippen LogP contribution < -0.4 is 10.8 Å². The second kappa shape index (κ2) is 7.02. The van der Waals surface area contributed by atoms with E-state index in [1.165, 1.54) is 0 Å². The Balaban J connectivity index is 2.02. The Kier molecular flexibility index (Phi) is 4.83. The summed E-state index contributed by atoms with van der Waals surface area (Å²) >= 11 is 6.28. The molecular weight excluding hydrogens is 310 g/mol. The molecule has 0 fully saturated rings. The number of fused-ring (bicyclic) bond motifs is 1. The first-order valence-electron chi connectivity index (χ1n) is 7.44. The zero-order valence-corrected chi connectivity index (χ0v) is 13.3. The number of hydrogen-bond donors (Lipinski definition) is 2. The third kappa shape index (κ3) is 3.33. The van der Waals surface area contributed by atoms with Gasteiger partial charge in [0.2, 0.25) is 0 Å². The number of benzene rings is 1. The van der Waals surface area contributed by atoms with Gasteiger partial charge in [0.05, 0.1) is 5.69 Å². The summed E-state index contributed by atoms with van der Waals surface area (Å²) < 4.78 is 1.68. The molecule has 3 aromatic rings. The Morgan fingerprint density at radius 3 is 2.87 bits per heavy atom. The number of nitrogens with zero attached hydrogens (tertiary/aromatic N) is 3. The van der Waals surface area contributed by atoms with Crippen LogP contribution in [-0.4, -0.2) is 40.7 Å². The average molecular weight is 327 g/mol. The fraction of sp³-hybridized carbons (Fsp3) is 0.250. The van der Waals surface area contributed by atoms with Crippen molar-refractivity contribution in [2.75, 3.05) is 18.5 Å². The molecule has 116 valence electrons. The SMILES string of the molecule is [B]c1cnn2c(NCCCCO)cc(-c3ccccc3Cl)nc12. The Labute approximate surface area is 140 Å². The summed E-state index contributed by atoms with van der Waals surface area (Å²) in [6, 6.07) is 9.45. The molecule has 5 nitrogen and oxygen atoms in total. The van der Waals surface area contributed by atoms with Crippen molar-refractivity contribution >= 4 is 36.4 Å². The molecule has 0 unspecified atom stereocenters. The first kappa shape index (κ1) is 15.8. The van der Waals surface area contributed by atoms with Crippen molar-refractivity contribution in [1.29, 1.82) is 0 Å². The lowest BCUT2D eigenvalue weighted by atomic mass is 10.0. The fourth-order valence-electron chi connectivity index (χ4n) is 2.37. The molecule has 0 atom stereocenters. The monoisotopic (exact) mass is 326 g/mol. The Bertz CT molecular complexity index is 821. The fourth-order valence-corrected chi connectivity index (χ4v) is 2.60. The van der Waals surface area contributed by atoms with Crippen LogP contribution in [-0.2, 0) is 0 Å². The van der Waals surface area contributed by atoms with E-state index in [1.807, 2.05) is 30.3 Å². The first-order valence-corrected chi connectivity index (χ1v) is 7.82. The minimum Gasteiger partial charge on any atom is -0.396 e. The highest BCUT2D eigenvalue weighted by atomic mass is 35.5. The topological polar surface area (TPSA) is 62.5 Å². The van der Waals surface area contributed by atoms with E-state index < -0.39 is 0 Å². The molecule has 0 aliphatic rings. The van der Waals surface area contributed by atoms with Gasteiger partial charge in [-0.3, -0.25) is 0 Å². The van der Waals surface area contributed by atoms with Crippen molar-refractivity contribution in [2.24, 2.45) is 0 Å². The molecule has 7 heteroatoms. The van der Waals surface area contributed by atoms with Crippen molar-refractivity contribution in [1.82, 2.24) is 14.6 Å². The molecule has 0 aliphatic carbocycles. The summed E-state index contributed by atoms with van der Waals surface area (Å²) in [6.45, 7) is 0.911. The highest BCUT2D eigenvalue weighted by Crippen LogP contribution is 2.28. The lowest BCUT2D eigenvalue weighted by molar-refractivity contribution is 0.286. The summed E-state index contributed by atoms with van der Waals surface area (Å²) in [5, 5.41) is 17.1. The molecule has 0 saturated carbocycles. The predicted molar refractivity (Wildman–Crippen MR) is 93.6 cm³/mol. The lowest BCUT2D eigenvalue weighted by Crippen LogP contribution is -2.10. The van der Waals surface area contributed by atoms with Crippen LogP contribution in [0.5, 0.6) is 0 Å². The molecular formula is C16H16BClN4O. The summed E-state index contributed by atoms with van der Waals surface area (Å²) in [5.74, 6) is 0.791. The van der Waals surface area contributed by atoms with E-state index in [1.54, 1.807) is 10.7 Å². The van der Waals surface area contributed by atoms with Gasteiger partial charge in [-0.1, -0.05) is 29.8 Å². The Morgan fingerprint density at radius 2 is 2.09 bits per heavy atom. The van der Waals surface area contributed by atoms with Crippen LogP contribution in [0.3, 0.4) is 0 Å². The van der Waals surface area contributed by atoms with E-state index in [2.05, 4.69) is 15.4 Å². The van der Waals surface area contributed by atoms with Crippen molar-refractivity contribution in [3.63, 3.8) is 0 Å². The van der Waals surface area contributed by atoms with Gasteiger partial charge >= 0.3 is 0 Å². The zero-order valence-electron chi connectivity index (χ0n) is 12.5. The van der Waals surface area contributed by atoms with Crippen LogP contribution >= 0.6 is 11.6 Å². The molecule has 1 aromatic carbocycles. The molecule has 2 radical (unpaired) electrons. The van der Waals surface area contributed by atoms with Gasteiger partial charge in [0, 0.05) is 36.0 Å². The summed E-state index contributed by atoms with van der Waals surface area (Å²) in [6.07, 6.45) is 3.19. The number of aromatic nitrogens is 3. The molecule has 2 N–H and O–H groups in total. The van der Waals surface area contributed by atoms with Crippen LogP contribution in [0.4, 0.5) is 5.82 Å². The van der Waals surface area contributed by atoms with Crippen LogP contribution in [0.2, 0.25) is 5.02 Å². The number of aliphatic hydroxyl groups is 1. The van der Waals surface area contributed by atoms with Gasteiger partial charge in [0.1, 0.15) is 13.7 Å². The maximum absolute atomic E-state index is 8.88. The molecule has 0 amide bonds. The maximum atomic E-state index is 8.88. The van der Waals surface area contributed by atoms with E-state index >= 15 is 0 Å². The van der Waals surface area contributed by atoms with Gasteiger partial charge in [-0.2, -0.15) is 9.61 Å². The average Bonchev–Trinajstić information content (AvgIpc) is 2.93. The molecule has 2 aromatic heterocycles. The Morgan fingerprint density at radius 1 is 1.26 bits per heavy atom. The highest BCUT2D eigenvalue weighted by molar-refractivity contribution is 6.36. The molecule has 3 rings (SSSR count). The minimum atomic E-state index is 0.188. The highest BCUT2D eigenvalue weighted by Gasteiger charge is 2.12. The van der Waals surface area contributed by atoms with Gasteiger partial charge in [-0.25, -0.2) is 4.98 Å². The molecule has 0 spiro atoms. The quantitative estimate of drug-likeness (QED) is 0.537. The van der Waals surface area contributed by atoms with E-state index in [9.17, 15) is 0 Å². The van der Waals surface area contributed by atoms with Crippen molar-refractivity contribution in [2.45, 2.75) is 12.8 Å². The number of rotatable bonds is 6. The smallest absolute Gasteiger partial charge is 0.150 e. The number of halogens is 1. The standard InChI is InChI=1S/C16H16BClN4O/c17-12-10-20-22-15(19-7-3-4-8-23)9-14(21-16(12)22)11-5-1-2-6-13(11)18/h1-2,5-6,9-10,19,23H,3-4,7-8H2. The number of hydrogen-bond acceptors (Lipinski definition) is 4.